The summed E-state index contributed by atoms with van der Waals surface area (Å²) in [4.78, 5) is 0. The maximum atomic E-state index is 12.0. The average molecular weight is 272 g/mol. The van der Waals surface area contributed by atoms with E-state index in [2.05, 4.69) is 0 Å². The van der Waals surface area contributed by atoms with Crippen molar-refractivity contribution in [3.05, 3.63) is 33.8 Å². The maximum Gasteiger partial charge on any atom is 0.389 e. The van der Waals surface area contributed by atoms with Gasteiger partial charge in [0, 0.05) is 22.5 Å². The molecule has 0 aliphatic carbocycles. The molecule has 0 aromatic heterocycles. The van der Waals surface area contributed by atoms with Gasteiger partial charge in [-0.3, -0.25) is 0 Å². The summed E-state index contributed by atoms with van der Waals surface area (Å²) >= 11 is 11.5. The van der Waals surface area contributed by atoms with Crippen LogP contribution in [0.1, 0.15) is 24.4 Å². The Balaban J connectivity index is 2.70. The number of halogens is 5. The minimum absolute atomic E-state index is 0.190. The topological polar surface area (TPSA) is 26.0 Å². The molecular formula is C10H10Cl2F3N. The lowest BCUT2D eigenvalue weighted by molar-refractivity contribution is -0.136. The van der Waals surface area contributed by atoms with Crippen LogP contribution in [0.25, 0.3) is 0 Å². The normalized spacial score (nSPS) is 13.9. The summed E-state index contributed by atoms with van der Waals surface area (Å²) in [7, 11) is 0. The van der Waals surface area contributed by atoms with Crippen LogP contribution in [0.5, 0.6) is 0 Å². The first kappa shape index (κ1) is 13.6. The Hall–Kier alpha value is -0.450. The van der Waals surface area contributed by atoms with E-state index in [-0.39, 0.29) is 6.42 Å². The molecule has 0 spiro atoms. The second-order valence-corrected chi connectivity index (χ2v) is 4.27. The zero-order valence-corrected chi connectivity index (χ0v) is 9.70. The van der Waals surface area contributed by atoms with Crippen molar-refractivity contribution in [3.63, 3.8) is 0 Å². The van der Waals surface area contributed by atoms with Crippen LogP contribution in [0.15, 0.2) is 18.2 Å². The largest absolute Gasteiger partial charge is 0.389 e. The highest BCUT2D eigenvalue weighted by atomic mass is 35.5. The zero-order chi connectivity index (χ0) is 12.3. The molecule has 0 bridgehead atoms. The summed E-state index contributed by atoms with van der Waals surface area (Å²) in [5, 5.41) is 0.721. The highest BCUT2D eigenvalue weighted by molar-refractivity contribution is 6.35. The molecule has 1 nitrogen and oxygen atoms in total. The Labute approximate surface area is 101 Å². The number of nitrogens with two attached hydrogens (primary N) is 1. The molecule has 0 saturated carbocycles. The predicted molar refractivity (Wildman–Crippen MR) is 58.7 cm³/mol. The summed E-state index contributed by atoms with van der Waals surface area (Å²) in [5.74, 6) is 0. The van der Waals surface area contributed by atoms with Crippen LogP contribution in [-0.4, -0.2) is 6.18 Å². The maximum absolute atomic E-state index is 12.0. The SMILES string of the molecule is N[C@H](CCC(F)(F)F)c1ccc(Cl)cc1Cl. The minimum Gasteiger partial charge on any atom is -0.324 e. The smallest absolute Gasteiger partial charge is 0.324 e. The van der Waals surface area contributed by atoms with Gasteiger partial charge in [-0.1, -0.05) is 29.3 Å². The van der Waals surface area contributed by atoms with E-state index in [0.717, 1.165) is 0 Å². The first-order valence-electron chi connectivity index (χ1n) is 4.57. The number of hydrogen-bond acceptors (Lipinski definition) is 1. The first-order valence-corrected chi connectivity index (χ1v) is 5.32. The van der Waals surface area contributed by atoms with Gasteiger partial charge >= 0.3 is 6.18 Å². The van der Waals surface area contributed by atoms with E-state index >= 15 is 0 Å². The lowest BCUT2D eigenvalue weighted by Crippen LogP contribution is -2.16. The highest BCUT2D eigenvalue weighted by Gasteiger charge is 2.28. The Morgan fingerprint density at radius 1 is 1.25 bits per heavy atom. The Kier molecular flexibility index (Phi) is 4.47. The monoisotopic (exact) mass is 271 g/mol. The zero-order valence-electron chi connectivity index (χ0n) is 8.19. The van der Waals surface area contributed by atoms with Crippen molar-refractivity contribution in [3.8, 4) is 0 Å². The third-order valence-electron chi connectivity index (χ3n) is 2.10. The summed E-state index contributed by atoms with van der Waals surface area (Å²) < 4.78 is 36.0. The van der Waals surface area contributed by atoms with E-state index in [4.69, 9.17) is 28.9 Å². The molecular weight excluding hydrogens is 262 g/mol. The van der Waals surface area contributed by atoms with E-state index in [9.17, 15) is 13.2 Å². The molecule has 2 N–H and O–H groups in total. The fourth-order valence-corrected chi connectivity index (χ4v) is 1.83. The van der Waals surface area contributed by atoms with E-state index in [1.165, 1.54) is 6.07 Å². The van der Waals surface area contributed by atoms with Crippen LogP contribution in [0, 0.1) is 0 Å². The van der Waals surface area contributed by atoms with Crippen molar-refractivity contribution < 1.29 is 13.2 Å². The third-order valence-corrected chi connectivity index (χ3v) is 2.66. The van der Waals surface area contributed by atoms with Gasteiger partial charge in [-0.05, 0) is 24.1 Å². The van der Waals surface area contributed by atoms with Gasteiger partial charge in [0.05, 0.1) is 0 Å². The van der Waals surface area contributed by atoms with Crippen LogP contribution in [0.3, 0.4) is 0 Å². The molecule has 0 radical (unpaired) electrons. The van der Waals surface area contributed by atoms with Crippen molar-refractivity contribution in [2.24, 2.45) is 5.73 Å². The molecule has 0 aliphatic heterocycles. The van der Waals surface area contributed by atoms with Crippen molar-refractivity contribution in [1.29, 1.82) is 0 Å². The molecule has 6 heteroatoms. The van der Waals surface area contributed by atoms with Crippen LogP contribution >= 0.6 is 23.2 Å². The van der Waals surface area contributed by atoms with E-state index in [0.29, 0.717) is 15.6 Å². The molecule has 90 valence electrons. The number of rotatable bonds is 3. The van der Waals surface area contributed by atoms with Gasteiger partial charge in [-0.25, -0.2) is 0 Å². The van der Waals surface area contributed by atoms with Crippen LogP contribution in [0.4, 0.5) is 13.2 Å². The molecule has 1 rings (SSSR count). The second kappa shape index (κ2) is 5.25. The molecule has 1 aromatic carbocycles. The fourth-order valence-electron chi connectivity index (χ4n) is 1.28. The van der Waals surface area contributed by atoms with Crippen LogP contribution in [0.2, 0.25) is 10.0 Å². The quantitative estimate of drug-likeness (QED) is 0.870. The van der Waals surface area contributed by atoms with Gasteiger partial charge in [0.25, 0.3) is 0 Å². The second-order valence-electron chi connectivity index (χ2n) is 3.43. The van der Waals surface area contributed by atoms with Gasteiger partial charge in [0.1, 0.15) is 0 Å². The number of hydrogen-bond donors (Lipinski definition) is 1. The molecule has 0 fully saturated rings. The lowest BCUT2D eigenvalue weighted by Gasteiger charge is -2.15. The standard InChI is InChI=1S/C10H10Cl2F3N/c11-6-1-2-7(8(12)5-6)9(16)3-4-10(13,14)15/h1-2,5,9H,3-4,16H2/t9-/m1/s1. The Morgan fingerprint density at radius 2 is 1.88 bits per heavy atom. The van der Waals surface area contributed by atoms with Crippen molar-refractivity contribution in [2.75, 3.05) is 0 Å². The highest BCUT2D eigenvalue weighted by Crippen LogP contribution is 2.30. The molecule has 0 heterocycles. The van der Waals surface area contributed by atoms with E-state index < -0.39 is 18.6 Å². The van der Waals surface area contributed by atoms with Crippen molar-refractivity contribution >= 4 is 23.2 Å². The fraction of sp³-hybridized carbons (Fsp3) is 0.400. The third kappa shape index (κ3) is 4.20. The van der Waals surface area contributed by atoms with E-state index in [1.807, 2.05) is 0 Å². The summed E-state index contributed by atoms with van der Waals surface area (Å²) in [5.41, 5.74) is 6.11. The van der Waals surface area contributed by atoms with Gasteiger partial charge in [-0.2, -0.15) is 13.2 Å². The number of benzene rings is 1. The predicted octanol–water partition coefficient (Wildman–Crippen LogP) is 4.34. The number of alkyl halides is 3. The van der Waals surface area contributed by atoms with Crippen LogP contribution in [-0.2, 0) is 0 Å². The first-order chi connectivity index (χ1) is 7.29. The van der Waals surface area contributed by atoms with Crippen molar-refractivity contribution in [2.45, 2.75) is 25.1 Å². The molecule has 0 unspecified atom stereocenters. The summed E-state index contributed by atoms with van der Waals surface area (Å²) in [6.45, 7) is 0. The molecule has 0 aliphatic rings. The minimum atomic E-state index is -4.20. The molecule has 0 amide bonds. The Bertz CT molecular complexity index is 366. The molecule has 16 heavy (non-hydrogen) atoms. The van der Waals surface area contributed by atoms with Gasteiger partial charge in [-0.15, -0.1) is 0 Å². The summed E-state index contributed by atoms with van der Waals surface area (Å²) in [6.07, 6.45) is -5.31. The van der Waals surface area contributed by atoms with E-state index in [1.54, 1.807) is 12.1 Å². The van der Waals surface area contributed by atoms with Gasteiger partial charge in [0.15, 0.2) is 0 Å². The average Bonchev–Trinajstić information content (AvgIpc) is 2.13. The van der Waals surface area contributed by atoms with Gasteiger partial charge < -0.3 is 5.73 Å². The summed E-state index contributed by atoms with van der Waals surface area (Å²) in [6, 6.07) is 3.83. The van der Waals surface area contributed by atoms with Crippen molar-refractivity contribution in [1.82, 2.24) is 0 Å². The van der Waals surface area contributed by atoms with Gasteiger partial charge in [0.2, 0.25) is 0 Å². The lowest BCUT2D eigenvalue weighted by atomic mass is 10.0. The molecule has 1 atom stereocenters. The van der Waals surface area contributed by atoms with Crippen LogP contribution < -0.4 is 5.73 Å². The molecule has 0 saturated heterocycles. The molecule has 1 aromatic rings. The Morgan fingerprint density at radius 3 is 2.38 bits per heavy atom.